The van der Waals surface area contributed by atoms with E-state index in [1.807, 2.05) is 49.4 Å². The molecule has 5 heteroatoms. The predicted octanol–water partition coefficient (Wildman–Crippen LogP) is 2.49. The standard InChI is InChI=1S/C18H23NO3S/c1-13-9-14(2)18(15(3)10-13)23(21,22)19-12-17(20)11-16-7-5-4-6-8-16/h4-10,17,19-20H,11-12H2,1-3H3. The number of nitrogens with one attached hydrogen (secondary N) is 1. The van der Waals surface area contributed by atoms with Crippen molar-refractivity contribution in [3.63, 3.8) is 0 Å². The second kappa shape index (κ2) is 7.25. The summed E-state index contributed by atoms with van der Waals surface area (Å²) in [5.41, 5.74) is 3.44. The van der Waals surface area contributed by atoms with Crippen molar-refractivity contribution in [1.29, 1.82) is 0 Å². The Bertz CT molecular complexity index is 747. The molecule has 0 saturated heterocycles. The van der Waals surface area contributed by atoms with Crippen LogP contribution in [0, 0.1) is 20.8 Å². The molecule has 0 saturated carbocycles. The van der Waals surface area contributed by atoms with Gasteiger partial charge in [-0.05, 0) is 43.9 Å². The SMILES string of the molecule is Cc1cc(C)c(S(=O)(=O)NCC(O)Cc2ccccc2)c(C)c1. The quantitative estimate of drug-likeness (QED) is 0.853. The molecule has 0 heterocycles. The maximum atomic E-state index is 12.5. The molecule has 0 aliphatic rings. The molecular weight excluding hydrogens is 310 g/mol. The van der Waals surface area contributed by atoms with Crippen molar-refractivity contribution in [3.8, 4) is 0 Å². The van der Waals surface area contributed by atoms with E-state index in [0.29, 0.717) is 22.4 Å². The lowest BCUT2D eigenvalue weighted by atomic mass is 10.1. The Morgan fingerprint density at radius 1 is 1.04 bits per heavy atom. The third kappa shape index (κ3) is 4.64. The average molecular weight is 333 g/mol. The highest BCUT2D eigenvalue weighted by molar-refractivity contribution is 7.89. The Morgan fingerprint density at radius 3 is 2.17 bits per heavy atom. The summed E-state index contributed by atoms with van der Waals surface area (Å²) in [7, 11) is -3.64. The Morgan fingerprint density at radius 2 is 1.61 bits per heavy atom. The number of benzene rings is 2. The van der Waals surface area contributed by atoms with Gasteiger partial charge in [-0.25, -0.2) is 13.1 Å². The summed E-state index contributed by atoms with van der Waals surface area (Å²) in [6.07, 6.45) is -0.354. The fourth-order valence-corrected chi connectivity index (χ4v) is 4.35. The van der Waals surface area contributed by atoms with Crippen LogP contribution in [0.3, 0.4) is 0 Å². The van der Waals surface area contributed by atoms with Crippen molar-refractivity contribution in [2.24, 2.45) is 0 Å². The maximum Gasteiger partial charge on any atom is 0.241 e. The van der Waals surface area contributed by atoms with Gasteiger partial charge in [0.15, 0.2) is 0 Å². The van der Waals surface area contributed by atoms with Gasteiger partial charge in [0.25, 0.3) is 0 Å². The molecule has 2 aromatic carbocycles. The monoisotopic (exact) mass is 333 g/mol. The Balaban J connectivity index is 2.07. The number of aliphatic hydroxyl groups excluding tert-OH is 1. The van der Waals surface area contributed by atoms with Crippen LogP contribution in [0.25, 0.3) is 0 Å². The van der Waals surface area contributed by atoms with E-state index in [1.54, 1.807) is 13.8 Å². The van der Waals surface area contributed by atoms with Gasteiger partial charge in [0.1, 0.15) is 0 Å². The summed E-state index contributed by atoms with van der Waals surface area (Å²) >= 11 is 0. The highest BCUT2D eigenvalue weighted by atomic mass is 32.2. The Labute approximate surface area is 138 Å². The first-order valence-electron chi connectivity index (χ1n) is 7.59. The number of aliphatic hydroxyl groups is 1. The van der Waals surface area contributed by atoms with Gasteiger partial charge in [0, 0.05) is 6.54 Å². The van der Waals surface area contributed by atoms with Crippen LogP contribution < -0.4 is 4.72 Å². The van der Waals surface area contributed by atoms with Gasteiger partial charge in [0.05, 0.1) is 11.0 Å². The predicted molar refractivity (Wildman–Crippen MR) is 92.0 cm³/mol. The number of hydrogen-bond acceptors (Lipinski definition) is 3. The largest absolute Gasteiger partial charge is 0.391 e. The van der Waals surface area contributed by atoms with Gasteiger partial charge in [0.2, 0.25) is 10.0 Å². The minimum Gasteiger partial charge on any atom is -0.391 e. The van der Waals surface area contributed by atoms with Crippen molar-refractivity contribution in [2.45, 2.75) is 38.2 Å². The van der Waals surface area contributed by atoms with Crippen molar-refractivity contribution in [1.82, 2.24) is 4.72 Å². The van der Waals surface area contributed by atoms with Crippen LogP contribution in [0.15, 0.2) is 47.4 Å². The van der Waals surface area contributed by atoms with Gasteiger partial charge in [-0.2, -0.15) is 0 Å². The van der Waals surface area contributed by atoms with E-state index >= 15 is 0 Å². The third-order valence-corrected chi connectivity index (χ3v) is 5.42. The lowest BCUT2D eigenvalue weighted by Crippen LogP contribution is -2.34. The molecular formula is C18H23NO3S. The zero-order valence-corrected chi connectivity index (χ0v) is 14.5. The lowest BCUT2D eigenvalue weighted by molar-refractivity contribution is 0.179. The van der Waals surface area contributed by atoms with Crippen LogP contribution in [0.4, 0.5) is 0 Å². The number of rotatable bonds is 6. The normalized spacial score (nSPS) is 13.0. The molecule has 4 nitrogen and oxygen atoms in total. The van der Waals surface area contributed by atoms with Crippen LogP contribution >= 0.6 is 0 Å². The number of hydrogen-bond donors (Lipinski definition) is 2. The first kappa shape index (κ1) is 17.7. The number of aryl methyl sites for hydroxylation is 3. The first-order valence-corrected chi connectivity index (χ1v) is 9.07. The average Bonchev–Trinajstić information content (AvgIpc) is 2.45. The zero-order chi connectivity index (χ0) is 17.0. The molecule has 2 rings (SSSR count). The zero-order valence-electron chi connectivity index (χ0n) is 13.7. The summed E-state index contributed by atoms with van der Waals surface area (Å²) < 4.78 is 27.6. The molecule has 1 unspecified atom stereocenters. The minimum atomic E-state index is -3.64. The fraction of sp³-hybridized carbons (Fsp3) is 0.333. The summed E-state index contributed by atoms with van der Waals surface area (Å²) in [6.45, 7) is 5.50. The van der Waals surface area contributed by atoms with Gasteiger partial charge < -0.3 is 5.11 Å². The van der Waals surface area contributed by atoms with E-state index in [2.05, 4.69) is 4.72 Å². The minimum absolute atomic E-state index is 0.00994. The molecule has 1 atom stereocenters. The molecule has 2 aromatic rings. The highest BCUT2D eigenvalue weighted by Gasteiger charge is 2.20. The van der Waals surface area contributed by atoms with Crippen molar-refractivity contribution in [2.75, 3.05) is 6.54 Å². The Kier molecular flexibility index (Phi) is 5.57. The van der Waals surface area contributed by atoms with Crippen LogP contribution in [0.5, 0.6) is 0 Å². The summed E-state index contributed by atoms with van der Waals surface area (Å²) in [5, 5.41) is 10.1. The molecule has 0 amide bonds. The van der Waals surface area contributed by atoms with E-state index in [9.17, 15) is 13.5 Å². The lowest BCUT2D eigenvalue weighted by Gasteiger charge is -2.15. The molecule has 23 heavy (non-hydrogen) atoms. The van der Waals surface area contributed by atoms with Gasteiger partial charge in [-0.3, -0.25) is 0 Å². The van der Waals surface area contributed by atoms with E-state index in [1.165, 1.54) is 0 Å². The van der Waals surface area contributed by atoms with Crippen LogP contribution in [0.1, 0.15) is 22.3 Å². The van der Waals surface area contributed by atoms with Crippen molar-refractivity contribution >= 4 is 10.0 Å². The van der Waals surface area contributed by atoms with E-state index in [4.69, 9.17) is 0 Å². The third-order valence-electron chi connectivity index (χ3n) is 3.70. The van der Waals surface area contributed by atoms with Crippen LogP contribution in [0.2, 0.25) is 0 Å². The second-order valence-corrected chi connectivity index (χ2v) is 7.63. The molecule has 0 bridgehead atoms. The molecule has 0 spiro atoms. The maximum absolute atomic E-state index is 12.5. The molecule has 124 valence electrons. The first-order chi connectivity index (χ1) is 10.8. The van der Waals surface area contributed by atoms with Crippen LogP contribution in [-0.2, 0) is 16.4 Å². The molecule has 0 fully saturated rings. The smallest absolute Gasteiger partial charge is 0.241 e. The summed E-state index contributed by atoms with van der Waals surface area (Å²) in [6, 6.07) is 13.2. The van der Waals surface area contributed by atoms with Gasteiger partial charge in [-0.1, -0.05) is 48.0 Å². The van der Waals surface area contributed by atoms with Gasteiger partial charge >= 0.3 is 0 Å². The van der Waals surface area contributed by atoms with Crippen molar-refractivity contribution in [3.05, 3.63) is 64.7 Å². The topological polar surface area (TPSA) is 66.4 Å². The summed E-state index contributed by atoms with van der Waals surface area (Å²) in [4.78, 5) is 0.301. The highest BCUT2D eigenvalue weighted by Crippen LogP contribution is 2.21. The van der Waals surface area contributed by atoms with Crippen LogP contribution in [-0.4, -0.2) is 26.2 Å². The number of sulfonamides is 1. The van der Waals surface area contributed by atoms with Crippen molar-refractivity contribution < 1.29 is 13.5 Å². The Hall–Kier alpha value is -1.69. The van der Waals surface area contributed by atoms with E-state index < -0.39 is 16.1 Å². The summed E-state index contributed by atoms with van der Waals surface area (Å²) in [5.74, 6) is 0. The van der Waals surface area contributed by atoms with E-state index in [-0.39, 0.29) is 6.54 Å². The molecule has 0 aliphatic heterocycles. The molecule has 2 N–H and O–H groups in total. The molecule has 0 aliphatic carbocycles. The fourth-order valence-electron chi connectivity index (χ4n) is 2.83. The molecule has 0 aromatic heterocycles. The van der Waals surface area contributed by atoms with E-state index in [0.717, 1.165) is 11.1 Å². The van der Waals surface area contributed by atoms with Gasteiger partial charge in [-0.15, -0.1) is 0 Å². The molecule has 0 radical (unpaired) electrons. The second-order valence-electron chi connectivity index (χ2n) is 5.92.